The second-order valence-corrected chi connectivity index (χ2v) is 7.19. The maximum absolute atomic E-state index is 12.2. The maximum Gasteiger partial charge on any atom is 0.244 e. The number of halogens is 1. The van der Waals surface area contributed by atoms with Gasteiger partial charge in [0.25, 0.3) is 0 Å². The van der Waals surface area contributed by atoms with Gasteiger partial charge in [-0.25, -0.2) is 13.1 Å². The molecule has 0 aromatic heterocycles. The van der Waals surface area contributed by atoms with Gasteiger partial charge in [0.1, 0.15) is 10.6 Å². The number of nitrogens with two attached hydrogens (primary N) is 1. The van der Waals surface area contributed by atoms with Crippen LogP contribution in [0.3, 0.4) is 0 Å². The van der Waals surface area contributed by atoms with E-state index in [1.165, 1.54) is 13.2 Å². The number of methoxy groups -OCH3 is 1. The van der Waals surface area contributed by atoms with Crippen molar-refractivity contribution in [2.75, 3.05) is 19.4 Å². The third kappa shape index (κ3) is 4.36. The van der Waals surface area contributed by atoms with Crippen LogP contribution in [0.25, 0.3) is 0 Å². The SMILES string of the molecule is COc1cc(Br)c(N)cc1S(=O)(=O)NCCC(C)C. The number of nitrogen functional groups attached to an aromatic ring is 1. The Labute approximate surface area is 122 Å². The minimum absolute atomic E-state index is 0.0551. The second kappa shape index (κ2) is 6.58. The zero-order valence-corrected chi connectivity index (χ0v) is 13.6. The minimum Gasteiger partial charge on any atom is -0.495 e. The van der Waals surface area contributed by atoms with Crippen molar-refractivity contribution in [2.24, 2.45) is 5.92 Å². The van der Waals surface area contributed by atoms with Crippen LogP contribution >= 0.6 is 15.9 Å². The van der Waals surface area contributed by atoms with E-state index in [0.29, 0.717) is 22.6 Å². The summed E-state index contributed by atoms with van der Waals surface area (Å²) in [6, 6.07) is 2.94. The van der Waals surface area contributed by atoms with E-state index in [1.807, 2.05) is 13.8 Å². The molecule has 7 heteroatoms. The number of ether oxygens (including phenoxy) is 1. The predicted octanol–water partition coefficient (Wildman–Crippen LogP) is 2.36. The summed E-state index contributed by atoms with van der Waals surface area (Å²) in [6.07, 6.45) is 0.771. The van der Waals surface area contributed by atoms with Gasteiger partial charge in [0.05, 0.1) is 7.11 Å². The molecule has 0 radical (unpaired) electrons. The molecule has 1 aromatic rings. The Balaban J connectivity index is 3.03. The highest BCUT2D eigenvalue weighted by atomic mass is 79.9. The summed E-state index contributed by atoms with van der Waals surface area (Å²) in [7, 11) is -2.19. The first-order valence-corrected chi connectivity index (χ1v) is 8.18. The van der Waals surface area contributed by atoms with Gasteiger partial charge >= 0.3 is 0 Å². The first-order chi connectivity index (χ1) is 8.77. The van der Waals surface area contributed by atoms with Gasteiger partial charge in [-0.15, -0.1) is 0 Å². The molecule has 0 saturated heterocycles. The zero-order valence-electron chi connectivity index (χ0n) is 11.2. The average Bonchev–Trinajstić information content (AvgIpc) is 2.31. The van der Waals surface area contributed by atoms with E-state index in [9.17, 15) is 8.42 Å². The van der Waals surface area contributed by atoms with Gasteiger partial charge < -0.3 is 10.5 Å². The van der Waals surface area contributed by atoms with E-state index in [0.717, 1.165) is 6.42 Å². The Morgan fingerprint density at radius 3 is 2.58 bits per heavy atom. The highest BCUT2D eigenvalue weighted by Crippen LogP contribution is 2.32. The van der Waals surface area contributed by atoms with Crippen LogP contribution in [-0.4, -0.2) is 22.1 Å². The molecular formula is C12H19BrN2O3S. The molecule has 0 bridgehead atoms. The molecule has 0 heterocycles. The highest BCUT2D eigenvalue weighted by Gasteiger charge is 2.20. The molecule has 0 amide bonds. The molecule has 19 heavy (non-hydrogen) atoms. The minimum atomic E-state index is -3.61. The lowest BCUT2D eigenvalue weighted by molar-refractivity contribution is 0.402. The smallest absolute Gasteiger partial charge is 0.244 e. The third-order valence-corrected chi connectivity index (χ3v) is 4.76. The molecule has 0 fully saturated rings. The van der Waals surface area contributed by atoms with Crippen LogP contribution in [0.15, 0.2) is 21.5 Å². The number of benzene rings is 1. The number of anilines is 1. The van der Waals surface area contributed by atoms with Gasteiger partial charge in [-0.2, -0.15) is 0 Å². The van der Waals surface area contributed by atoms with Crippen LogP contribution < -0.4 is 15.2 Å². The Bertz CT molecular complexity index is 544. The Kier molecular flexibility index (Phi) is 5.64. The van der Waals surface area contributed by atoms with Crippen LogP contribution in [0, 0.1) is 5.92 Å². The number of hydrogen-bond acceptors (Lipinski definition) is 4. The first kappa shape index (κ1) is 16.3. The standard InChI is InChI=1S/C12H19BrN2O3S/c1-8(2)4-5-15-19(16,17)12-7-10(14)9(13)6-11(12)18-3/h6-8,15H,4-5,14H2,1-3H3. The molecule has 0 spiro atoms. The van der Waals surface area contributed by atoms with Gasteiger partial charge in [0.2, 0.25) is 10.0 Å². The largest absolute Gasteiger partial charge is 0.495 e. The van der Waals surface area contributed by atoms with Crippen molar-refractivity contribution < 1.29 is 13.2 Å². The number of hydrogen-bond donors (Lipinski definition) is 2. The van der Waals surface area contributed by atoms with Crippen LogP contribution in [0.4, 0.5) is 5.69 Å². The van der Waals surface area contributed by atoms with Crippen molar-refractivity contribution in [2.45, 2.75) is 25.2 Å². The van der Waals surface area contributed by atoms with Gasteiger partial charge in [-0.05, 0) is 40.4 Å². The normalized spacial score (nSPS) is 11.8. The molecule has 0 aliphatic heterocycles. The molecular weight excluding hydrogens is 332 g/mol. The molecule has 0 aliphatic rings. The van der Waals surface area contributed by atoms with Crippen molar-refractivity contribution in [3.05, 3.63) is 16.6 Å². The second-order valence-electron chi connectivity index (χ2n) is 4.60. The fourth-order valence-electron chi connectivity index (χ4n) is 1.48. The maximum atomic E-state index is 12.2. The summed E-state index contributed by atoms with van der Waals surface area (Å²) in [5.74, 6) is 0.692. The van der Waals surface area contributed by atoms with Gasteiger partial charge in [0.15, 0.2) is 0 Å². The quantitative estimate of drug-likeness (QED) is 0.771. The van der Waals surface area contributed by atoms with Crippen molar-refractivity contribution in [3.8, 4) is 5.75 Å². The zero-order chi connectivity index (χ0) is 14.6. The molecule has 0 unspecified atom stereocenters. The topological polar surface area (TPSA) is 81.4 Å². The Morgan fingerprint density at radius 1 is 1.42 bits per heavy atom. The van der Waals surface area contributed by atoms with E-state index in [4.69, 9.17) is 10.5 Å². The van der Waals surface area contributed by atoms with Crippen LogP contribution in [0.1, 0.15) is 20.3 Å². The molecule has 0 atom stereocenters. The lowest BCUT2D eigenvalue weighted by Gasteiger charge is -2.13. The Morgan fingerprint density at radius 2 is 2.05 bits per heavy atom. The molecule has 3 N–H and O–H groups in total. The fourth-order valence-corrected chi connectivity index (χ4v) is 3.03. The molecule has 1 rings (SSSR count). The van der Waals surface area contributed by atoms with Gasteiger partial charge in [0, 0.05) is 16.7 Å². The highest BCUT2D eigenvalue weighted by molar-refractivity contribution is 9.10. The van der Waals surface area contributed by atoms with E-state index < -0.39 is 10.0 Å². The van der Waals surface area contributed by atoms with E-state index in [2.05, 4.69) is 20.7 Å². The molecule has 1 aromatic carbocycles. The van der Waals surface area contributed by atoms with Gasteiger partial charge in [-0.3, -0.25) is 0 Å². The molecule has 108 valence electrons. The summed E-state index contributed by atoms with van der Waals surface area (Å²) < 4.78 is 32.6. The third-order valence-electron chi connectivity index (χ3n) is 2.59. The van der Waals surface area contributed by atoms with Crippen molar-refractivity contribution in [1.82, 2.24) is 4.72 Å². The summed E-state index contributed by atoms with van der Waals surface area (Å²) in [5.41, 5.74) is 6.08. The van der Waals surface area contributed by atoms with Crippen LogP contribution in [-0.2, 0) is 10.0 Å². The van der Waals surface area contributed by atoms with Crippen molar-refractivity contribution in [1.29, 1.82) is 0 Å². The summed E-state index contributed by atoms with van der Waals surface area (Å²) in [6.45, 7) is 4.46. The van der Waals surface area contributed by atoms with Crippen molar-refractivity contribution in [3.63, 3.8) is 0 Å². The molecule has 5 nitrogen and oxygen atoms in total. The number of rotatable bonds is 6. The monoisotopic (exact) mass is 350 g/mol. The number of nitrogens with one attached hydrogen (secondary N) is 1. The molecule has 0 saturated carbocycles. The summed E-state index contributed by atoms with van der Waals surface area (Å²) in [4.78, 5) is 0.0551. The average molecular weight is 351 g/mol. The van der Waals surface area contributed by atoms with Gasteiger partial charge in [-0.1, -0.05) is 13.8 Å². The van der Waals surface area contributed by atoms with E-state index >= 15 is 0 Å². The lowest BCUT2D eigenvalue weighted by Crippen LogP contribution is -2.26. The summed E-state index contributed by atoms with van der Waals surface area (Å²) in [5, 5.41) is 0. The van der Waals surface area contributed by atoms with Crippen molar-refractivity contribution >= 4 is 31.6 Å². The Hall–Kier alpha value is -0.790. The van der Waals surface area contributed by atoms with Crippen LogP contribution in [0.5, 0.6) is 5.75 Å². The predicted molar refractivity (Wildman–Crippen MR) is 79.7 cm³/mol. The fraction of sp³-hybridized carbons (Fsp3) is 0.500. The summed E-state index contributed by atoms with van der Waals surface area (Å²) >= 11 is 3.24. The first-order valence-electron chi connectivity index (χ1n) is 5.90. The van der Waals surface area contributed by atoms with Crippen LogP contribution in [0.2, 0.25) is 0 Å². The number of sulfonamides is 1. The molecule has 0 aliphatic carbocycles. The lowest BCUT2D eigenvalue weighted by atomic mass is 10.1. The van der Waals surface area contributed by atoms with E-state index in [1.54, 1.807) is 6.07 Å². The van der Waals surface area contributed by atoms with E-state index in [-0.39, 0.29) is 10.6 Å².